The van der Waals surface area contributed by atoms with Gasteiger partial charge in [-0.3, -0.25) is 9.78 Å². The standard InChI is InChI=1S/C18H17ClN4O3/c19-12-3-4-17(26-11-13-2-1-7-25-13)15(8-12)22-18(24)14-9-21-23-6-5-20-10-16(14)23/h3-6,8-10,13H,1-2,7,11H2,(H,22,24). The lowest BCUT2D eigenvalue weighted by Gasteiger charge is -2.15. The second-order valence-corrected chi connectivity index (χ2v) is 6.44. The minimum Gasteiger partial charge on any atom is -0.489 e. The van der Waals surface area contributed by atoms with E-state index in [1.165, 1.54) is 6.20 Å². The van der Waals surface area contributed by atoms with E-state index >= 15 is 0 Å². The molecule has 1 aliphatic rings. The molecule has 0 bridgehead atoms. The number of nitrogens with zero attached hydrogens (tertiary/aromatic N) is 3. The van der Waals surface area contributed by atoms with Crippen molar-refractivity contribution in [2.45, 2.75) is 18.9 Å². The van der Waals surface area contributed by atoms with E-state index < -0.39 is 0 Å². The molecule has 134 valence electrons. The van der Waals surface area contributed by atoms with E-state index in [-0.39, 0.29) is 12.0 Å². The number of hydrogen-bond acceptors (Lipinski definition) is 5. The number of benzene rings is 1. The van der Waals surface area contributed by atoms with Gasteiger partial charge in [-0.05, 0) is 31.0 Å². The summed E-state index contributed by atoms with van der Waals surface area (Å²) in [5.74, 6) is 0.241. The number of hydrogen-bond donors (Lipinski definition) is 1. The highest BCUT2D eigenvalue weighted by Crippen LogP contribution is 2.29. The number of rotatable bonds is 5. The van der Waals surface area contributed by atoms with Crippen molar-refractivity contribution in [3.05, 3.63) is 53.6 Å². The molecule has 1 aliphatic heterocycles. The molecule has 2 aromatic heterocycles. The summed E-state index contributed by atoms with van der Waals surface area (Å²) < 4.78 is 13.0. The number of halogens is 1. The molecule has 1 saturated heterocycles. The summed E-state index contributed by atoms with van der Waals surface area (Å²) in [5.41, 5.74) is 1.54. The number of fused-ring (bicyclic) bond motifs is 1. The molecule has 0 spiro atoms. The lowest BCUT2D eigenvalue weighted by molar-refractivity contribution is 0.0682. The summed E-state index contributed by atoms with van der Waals surface area (Å²) in [6.45, 7) is 1.20. The number of nitrogens with one attached hydrogen (secondary N) is 1. The van der Waals surface area contributed by atoms with E-state index in [0.717, 1.165) is 19.4 Å². The third-order valence-electron chi connectivity index (χ3n) is 4.21. The van der Waals surface area contributed by atoms with Crippen LogP contribution in [0.5, 0.6) is 5.75 Å². The fraction of sp³-hybridized carbons (Fsp3) is 0.278. The first-order valence-corrected chi connectivity index (χ1v) is 8.71. The van der Waals surface area contributed by atoms with Crippen molar-refractivity contribution >= 4 is 28.7 Å². The molecule has 1 atom stereocenters. The van der Waals surface area contributed by atoms with Gasteiger partial charge in [-0.2, -0.15) is 5.10 Å². The first kappa shape index (κ1) is 16.8. The maximum absolute atomic E-state index is 12.7. The van der Waals surface area contributed by atoms with Gasteiger partial charge in [-0.25, -0.2) is 4.52 Å². The Kier molecular flexibility index (Phi) is 4.73. The minimum absolute atomic E-state index is 0.0833. The molecular formula is C18H17ClN4O3. The molecule has 1 aromatic carbocycles. The summed E-state index contributed by atoms with van der Waals surface area (Å²) in [6, 6.07) is 5.13. The Bertz CT molecular complexity index is 937. The predicted octanol–water partition coefficient (Wildman–Crippen LogP) is 3.19. The van der Waals surface area contributed by atoms with Gasteiger partial charge in [0.15, 0.2) is 0 Å². The van der Waals surface area contributed by atoms with E-state index in [4.69, 9.17) is 21.1 Å². The van der Waals surface area contributed by atoms with Crippen LogP contribution in [0.25, 0.3) is 5.52 Å². The number of anilines is 1. The molecular weight excluding hydrogens is 356 g/mol. The van der Waals surface area contributed by atoms with Gasteiger partial charge in [-0.1, -0.05) is 11.6 Å². The van der Waals surface area contributed by atoms with Crippen LogP contribution in [0.4, 0.5) is 5.69 Å². The molecule has 0 aliphatic carbocycles. The fourth-order valence-corrected chi connectivity index (χ4v) is 3.06. The number of amides is 1. The molecule has 7 nitrogen and oxygen atoms in total. The van der Waals surface area contributed by atoms with E-state index in [0.29, 0.717) is 34.1 Å². The van der Waals surface area contributed by atoms with E-state index in [9.17, 15) is 4.79 Å². The zero-order valence-corrected chi connectivity index (χ0v) is 14.6. The molecule has 1 fully saturated rings. The van der Waals surface area contributed by atoms with Gasteiger partial charge in [0.1, 0.15) is 12.4 Å². The minimum atomic E-state index is -0.308. The van der Waals surface area contributed by atoms with E-state index in [2.05, 4.69) is 15.4 Å². The molecule has 1 amide bonds. The lowest BCUT2D eigenvalue weighted by Crippen LogP contribution is -2.18. The summed E-state index contributed by atoms with van der Waals surface area (Å²) in [5, 5.41) is 7.51. The van der Waals surface area contributed by atoms with Gasteiger partial charge in [0.2, 0.25) is 0 Å². The average molecular weight is 373 g/mol. The molecule has 0 radical (unpaired) electrons. The van der Waals surface area contributed by atoms with Crippen molar-refractivity contribution in [1.82, 2.24) is 14.6 Å². The first-order valence-electron chi connectivity index (χ1n) is 8.33. The van der Waals surface area contributed by atoms with Gasteiger partial charge < -0.3 is 14.8 Å². The van der Waals surface area contributed by atoms with Crippen LogP contribution < -0.4 is 10.1 Å². The number of carbonyl (C=O) groups excluding carboxylic acids is 1. The molecule has 8 heteroatoms. The van der Waals surface area contributed by atoms with Crippen LogP contribution >= 0.6 is 11.6 Å². The largest absolute Gasteiger partial charge is 0.489 e. The molecule has 3 aromatic rings. The number of carbonyl (C=O) groups is 1. The summed E-state index contributed by atoms with van der Waals surface area (Å²) in [6.07, 6.45) is 8.49. The van der Waals surface area contributed by atoms with Crippen molar-refractivity contribution in [2.24, 2.45) is 0 Å². The molecule has 3 heterocycles. The third kappa shape index (κ3) is 3.49. The summed E-state index contributed by atoms with van der Waals surface area (Å²) >= 11 is 6.09. The quantitative estimate of drug-likeness (QED) is 0.744. The van der Waals surface area contributed by atoms with Gasteiger partial charge in [0.25, 0.3) is 5.91 Å². The van der Waals surface area contributed by atoms with Crippen molar-refractivity contribution in [3.63, 3.8) is 0 Å². The van der Waals surface area contributed by atoms with Crippen molar-refractivity contribution in [1.29, 1.82) is 0 Å². The van der Waals surface area contributed by atoms with Gasteiger partial charge >= 0.3 is 0 Å². The molecule has 1 unspecified atom stereocenters. The number of aromatic nitrogens is 3. The SMILES string of the molecule is O=C(Nc1cc(Cl)ccc1OCC1CCCO1)c1cnn2ccncc12. The van der Waals surface area contributed by atoms with Crippen LogP contribution in [0.15, 0.2) is 43.0 Å². The smallest absolute Gasteiger partial charge is 0.259 e. The zero-order valence-electron chi connectivity index (χ0n) is 13.9. The topological polar surface area (TPSA) is 77.8 Å². The number of ether oxygens (including phenoxy) is 2. The van der Waals surface area contributed by atoms with Gasteiger partial charge in [-0.15, -0.1) is 0 Å². The van der Waals surface area contributed by atoms with Crippen LogP contribution in [0, 0.1) is 0 Å². The molecule has 4 rings (SSSR count). The molecule has 26 heavy (non-hydrogen) atoms. The average Bonchev–Trinajstić information content (AvgIpc) is 3.30. The summed E-state index contributed by atoms with van der Waals surface area (Å²) in [7, 11) is 0. The van der Waals surface area contributed by atoms with Crippen LogP contribution in [0.1, 0.15) is 23.2 Å². The maximum Gasteiger partial charge on any atom is 0.259 e. The van der Waals surface area contributed by atoms with E-state index in [1.54, 1.807) is 41.3 Å². The van der Waals surface area contributed by atoms with Gasteiger partial charge in [0.05, 0.1) is 35.3 Å². The second-order valence-electron chi connectivity index (χ2n) is 6.01. The second kappa shape index (κ2) is 7.31. The molecule has 1 N–H and O–H groups in total. The Labute approximate surface area is 154 Å². The van der Waals surface area contributed by atoms with Crippen molar-refractivity contribution in [3.8, 4) is 5.75 Å². The fourth-order valence-electron chi connectivity index (χ4n) is 2.88. The Morgan fingerprint density at radius 3 is 3.19 bits per heavy atom. The Hall–Kier alpha value is -2.64. The van der Waals surface area contributed by atoms with Crippen molar-refractivity contribution < 1.29 is 14.3 Å². The first-order chi connectivity index (χ1) is 12.7. The maximum atomic E-state index is 12.7. The third-order valence-corrected chi connectivity index (χ3v) is 4.44. The molecule has 0 saturated carbocycles. The van der Waals surface area contributed by atoms with E-state index in [1.807, 2.05) is 0 Å². The zero-order chi connectivity index (χ0) is 17.9. The Morgan fingerprint density at radius 2 is 2.35 bits per heavy atom. The van der Waals surface area contributed by atoms with Crippen LogP contribution in [-0.4, -0.2) is 39.8 Å². The summed E-state index contributed by atoms with van der Waals surface area (Å²) in [4.78, 5) is 16.7. The Morgan fingerprint density at radius 1 is 1.42 bits per heavy atom. The highest BCUT2D eigenvalue weighted by Gasteiger charge is 2.19. The van der Waals surface area contributed by atoms with Gasteiger partial charge in [0, 0.05) is 24.0 Å². The van der Waals surface area contributed by atoms with Crippen LogP contribution in [0.3, 0.4) is 0 Å². The monoisotopic (exact) mass is 372 g/mol. The van der Waals surface area contributed by atoms with Crippen LogP contribution in [0.2, 0.25) is 5.02 Å². The van der Waals surface area contributed by atoms with Crippen molar-refractivity contribution in [2.75, 3.05) is 18.5 Å². The normalized spacial score (nSPS) is 16.7. The Balaban J connectivity index is 1.54. The lowest BCUT2D eigenvalue weighted by atomic mass is 10.2. The highest BCUT2D eigenvalue weighted by atomic mass is 35.5. The predicted molar refractivity (Wildman–Crippen MR) is 96.9 cm³/mol. The van der Waals surface area contributed by atoms with Crippen LogP contribution in [-0.2, 0) is 4.74 Å². The highest BCUT2D eigenvalue weighted by molar-refractivity contribution is 6.31.